The van der Waals surface area contributed by atoms with Gasteiger partial charge in [-0.15, -0.1) is 0 Å². The zero-order valence-corrected chi connectivity index (χ0v) is 11.7. The molecule has 1 amide bonds. The van der Waals surface area contributed by atoms with Crippen LogP contribution in [0.4, 0.5) is 5.69 Å². The van der Waals surface area contributed by atoms with Crippen LogP contribution in [0, 0.1) is 0 Å². The maximum Gasteiger partial charge on any atom is 0.275 e. The quantitative estimate of drug-likeness (QED) is 0.931. The second-order valence-corrected chi connectivity index (χ2v) is 5.20. The molecule has 3 rings (SSSR count). The zero-order valence-electron chi connectivity index (χ0n) is 11.7. The van der Waals surface area contributed by atoms with Crippen LogP contribution < -0.4 is 5.32 Å². The molecule has 1 aromatic heterocycles. The highest BCUT2D eigenvalue weighted by atomic mass is 16.1. The van der Waals surface area contributed by atoms with Gasteiger partial charge in [0.1, 0.15) is 11.5 Å². The van der Waals surface area contributed by atoms with Gasteiger partial charge in [-0.25, -0.2) is 4.98 Å². The minimum Gasteiger partial charge on any atom is -0.334 e. The maximum absolute atomic E-state index is 12.2. The minimum absolute atomic E-state index is 0.129. The lowest BCUT2D eigenvalue weighted by Crippen LogP contribution is -2.12. The number of carbonyl (C=O) groups is 1. The first-order chi connectivity index (χ1) is 9.76. The van der Waals surface area contributed by atoms with Gasteiger partial charge < -0.3 is 9.88 Å². The Kier molecular flexibility index (Phi) is 3.54. The molecule has 0 aliphatic carbocycles. The van der Waals surface area contributed by atoms with Crippen molar-refractivity contribution in [2.45, 2.75) is 39.2 Å². The predicted octanol–water partition coefficient (Wildman–Crippen LogP) is 3.03. The van der Waals surface area contributed by atoms with E-state index >= 15 is 0 Å². The van der Waals surface area contributed by atoms with Crippen LogP contribution in [0.1, 0.15) is 41.6 Å². The lowest BCUT2D eigenvalue weighted by Gasteiger charge is -2.11. The van der Waals surface area contributed by atoms with Gasteiger partial charge in [-0.1, -0.05) is 19.1 Å². The summed E-state index contributed by atoms with van der Waals surface area (Å²) in [4.78, 5) is 16.6. The number of nitrogens with zero attached hydrogens (tertiary/aromatic N) is 2. The second kappa shape index (κ2) is 5.49. The van der Waals surface area contributed by atoms with Crippen molar-refractivity contribution < 1.29 is 4.79 Å². The van der Waals surface area contributed by atoms with Crippen molar-refractivity contribution in [3.05, 3.63) is 47.5 Å². The standard InChI is InChI=1S/C16H19N3O/c1-2-12-6-8-13(9-7-12)17-16(20)14-11-19-10-4-3-5-15(19)18-14/h6-9,11H,2-5,10H2,1H3,(H,17,20). The van der Waals surface area contributed by atoms with Gasteiger partial charge in [0.25, 0.3) is 5.91 Å². The molecule has 0 atom stereocenters. The van der Waals surface area contributed by atoms with E-state index in [2.05, 4.69) is 21.8 Å². The average molecular weight is 269 g/mol. The van der Waals surface area contributed by atoms with E-state index in [0.717, 1.165) is 37.3 Å². The summed E-state index contributed by atoms with van der Waals surface area (Å²) >= 11 is 0. The van der Waals surface area contributed by atoms with E-state index in [4.69, 9.17) is 0 Å². The normalized spacial score (nSPS) is 13.8. The van der Waals surface area contributed by atoms with E-state index in [1.807, 2.05) is 30.5 Å². The Morgan fingerprint density at radius 3 is 2.80 bits per heavy atom. The number of imidazole rings is 1. The Labute approximate surface area is 118 Å². The number of carbonyl (C=O) groups excluding carboxylic acids is 1. The first-order valence-corrected chi connectivity index (χ1v) is 7.22. The molecule has 4 nitrogen and oxygen atoms in total. The molecule has 0 spiro atoms. The molecule has 0 fully saturated rings. The summed E-state index contributed by atoms with van der Waals surface area (Å²) in [6.45, 7) is 3.09. The fourth-order valence-corrected chi connectivity index (χ4v) is 2.54. The van der Waals surface area contributed by atoms with Crippen molar-refractivity contribution in [3.8, 4) is 0 Å². The number of anilines is 1. The number of hydrogen-bond donors (Lipinski definition) is 1. The third kappa shape index (κ3) is 2.59. The second-order valence-electron chi connectivity index (χ2n) is 5.20. The lowest BCUT2D eigenvalue weighted by atomic mass is 10.1. The van der Waals surface area contributed by atoms with E-state index in [9.17, 15) is 4.79 Å². The number of amides is 1. The fraction of sp³-hybridized carbons (Fsp3) is 0.375. The van der Waals surface area contributed by atoms with E-state index < -0.39 is 0 Å². The summed E-state index contributed by atoms with van der Waals surface area (Å²) in [5, 5.41) is 2.90. The van der Waals surface area contributed by atoms with Gasteiger partial charge >= 0.3 is 0 Å². The molecule has 0 saturated heterocycles. The zero-order chi connectivity index (χ0) is 13.9. The van der Waals surface area contributed by atoms with Crippen LogP contribution in [0.3, 0.4) is 0 Å². The van der Waals surface area contributed by atoms with Gasteiger partial charge in [-0.3, -0.25) is 4.79 Å². The predicted molar refractivity (Wildman–Crippen MR) is 78.9 cm³/mol. The molecule has 1 N–H and O–H groups in total. The lowest BCUT2D eigenvalue weighted by molar-refractivity contribution is 0.102. The molecule has 20 heavy (non-hydrogen) atoms. The number of rotatable bonds is 3. The Morgan fingerprint density at radius 1 is 1.30 bits per heavy atom. The fourth-order valence-electron chi connectivity index (χ4n) is 2.54. The van der Waals surface area contributed by atoms with Gasteiger partial charge in [-0.2, -0.15) is 0 Å². The van der Waals surface area contributed by atoms with Crippen LogP contribution in [-0.4, -0.2) is 15.5 Å². The molecule has 0 bridgehead atoms. The molecule has 1 aliphatic rings. The first kappa shape index (κ1) is 12.9. The molecule has 0 saturated carbocycles. The maximum atomic E-state index is 12.2. The summed E-state index contributed by atoms with van der Waals surface area (Å²) in [6.07, 6.45) is 6.17. The highest BCUT2D eigenvalue weighted by molar-refractivity contribution is 6.02. The molecule has 2 aromatic rings. The van der Waals surface area contributed by atoms with Crippen LogP contribution >= 0.6 is 0 Å². The van der Waals surface area contributed by atoms with Crippen molar-refractivity contribution in [3.63, 3.8) is 0 Å². The van der Waals surface area contributed by atoms with Gasteiger partial charge in [0.15, 0.2) is 0 Å². The van der Waals surface area contributed by atoms with Crippen LogP contribution in [0.2, 0.25) is 0 Å². The van der Waals surface area contributed by atoms with E-state index in [0.29, 0.717) is 5.69 Å². The Morgan fingerprint density at radius 2 is 2.10 bits per heavy atom. The van der Waals surface area contributed by atoms with E-state index in [1.54, 1.807) is 0 Å². The van der Waals surface area contributed by atoms with Gasteiger partial charge in [0, 0.05) is 24.8 Å². The van der Waals surface area contributed by atoms with Crippen LogP contribution in [0.5, 0.6) is 0 Å². The van der Waals surface area contributed by atoms with Crippen molar-refractivity contribution in [1.29, 1.82) is 0 Å². The number of benzene rings is 1. The number of hydrogen-bond acceptors (Lipinski definition) is 2. The van der Waals surface area contributed by atoms with Crippen LogP contribution in [0.15, 0.2) is 30.5 Å². The van der Waals surface area contributed by atoms with Gasteiger partial charge in [0.05, 0.1) is 0 Å². The highest BCUT2D eigenvalue weighted by Crippen LogP contribution is 2.16. The molecule has 104 valence electrons. The SMILES string of the molecule is CCc1ccc(NC(=O)c2cn3c(n2)CCCC3)cc1. The van der Waals surface area contributed by atoms with E-state index in [1.165, 1.54) is 12.0 Å². The largest absolute Gasteiger partial charge is 0.334 e. The summed E-state index contributed by atoms with van der Waals surface area (Å²) in [7, 11) is 0. The van der Waals surface area contributed by atoms with Crippen molar-refractivity contribution in [2.24, 2.45) is 0 Å². The number of aryl methyl sites for hydroxylation is 3. The molecular formula is C16H19N3O. The minimum atomic E-state index is -0.129. The monoisotopic (exact) mass is 269 g/mol. The highest BCUT2D eigenvalue weighted by Gasteiger charge is 2.16. The molecule has 1 aromatic carbocycles. The number of fused-ring (bicyclic) bond motifs is 1. The first-order valence-electron chi connectivity index (χ1n) is 7.22. The van der Waals surface area contributed by atoms with Crippen molar-refractivity contribution >= 4 is 11.6 Å². The molecular weight excluding hydrogens is 250 g/mol. The van der Waals surface area contributed by atoms with Crippen LogP contribution in [-0.2, 0) is 19.4 Å². The van der Waals surface area contributed by atoms with E-state index in [-0.39, 0.29) is 5.91 Å². The Bertz CT molecular complexity index is 590. The van der Waals surface area contributed by atoms with Gasteiger partial charge in [0.2, 0.25) is 0 Å². The smallest absolute Gasteiger partial charge is 0.275 e. The molecule has 1 aliphatic heterocycles. The molecule has 0 unspecified atom stereocenters. The molecule has 0 radical (unpaired) electrons. The van der Waals surface area contributed by atoms with Crippen molar-refractivity contribution in [1.82, 2.24) is 9.55 Å². The molecule has 4 heteroatoms. The summed E-state index contributed by atoms with van der Waals surface area (Å²) in [5.74, 6) is 0.902. The summed E-state index contributed by atoms with van der Waals surface area (Å²) < 4.78 is 2.10. The number of nitrogens with one attached hydrogen (secondary N) is 1. The topological polar surface area (TPSA) is 46.9 Å². The van der Waals surface area contributed by atoms with Gasteiger partial charge in [-0.05, 0) is 37.0 Å². The van der Waals surface area contributed by atoms with Crippen molar-refractivity contribution in [2.75, 3.05) is 5.32 Å². The Hall–Kier alpha value is -2.10. The Balaban J connectivity index is 1.73. The summed E-state index contributed by atoms with van der Waals surface area (Å²) in [6, 6.07) is 7.95. The average Bonchev–Trinajstić information content (AvgIpc) is 2.92. The third-order valence-electron chi connectivity index (χ3n) is 3.76. The third-order valence-corrected chi connectivity index (χ3v) is 3.76. The molecule has 2 heterocycles. The number of aromatic nitrogens is 2. The van der Waals surface area contributed by atoms with Crippen LogP contribution in [0.25, 0.3) is 0 Å². The summed E-state index contributed by atoms with van der Waals surface area (Å²) in [5.41, 5.74) is 2.60.